The Kier molecular flexibility index (Phi) is 5.01. The van der Waals surface area contributed by atoms with Crippen LogP contribution in [-0.4, -0.2) is 58.5 Å². The Labute approximate surface area is 152 Å². The van der Waals surface area contributed by atoms with Crippen LogP contribution >= 0.6 is 0 Å². The van der Waals surface area contributed by atoms with Crippen LogP contribution in [0.4, 0.5) is 0 Å². The SMILES string of the molecule is O=C(c1n[nH]c2c1CNCC2)N1CCOCC1CC(O)c1ccccc1. The molecular formula is C19H24N4O3. The van der Waals surface area contributed by atoms with Crippen molar-refractivity contribution >= 4 is 5.91 Å². The molecule has 2 aliphatic rings. The first-order valence-corrected chi connectivity index (χ1v) is 9.12. The number of aliphatic hydroxyl groups excluding tert-OH is 1. The molecule has 26 heavy (non-hydrogen) atoms. The van der Waals surface area contributed by atoms with E-state index in [1.54, 1.807) is 4.90 Å². The maximum absolute atomic E-state index is 13.1. The minimum absolute atomic E-state index is 0.0836. The number of aliphatic hydroxyl groups is 1. The highest BCUT2D eigenvalue weighted by molar-refractivity contribution is 5.94. The third-order valence-electron chi connectivity index (χ3n) is 5.18. The predicted octanol–water partition coefficient (Wildman–Crippen LogP) is 1.02. The van der Waals surface area contributed by atoms with Crippen LogP contribution in [0.2, 0.25) is 0 Å². The van der Waals surface area contributed by atoms with Gasteiger partial charge in [0.05, 0.1) is 25.4 Å². The topological polar surface area (TPSA) is 90.5 Å². The molecule has 2 aliphatic heterocycles. The number of fused-ring (bicyclic) bond motifs is 1. The van der Waals surface area contributed by atoms with Crippen LogP contribution in [0.5, 0.6) is 0 Å². The molecule has 1 aromatic carbocycles. The molecule has 7 nitrogen and oxygen atoms in total. The number of aromatic nitrogens is 2. The Morgan fingerprint density at radius 2 is 2.23 bits per heavy atom. The largest absolute Gasteiger partial charge is 0.388 e. The molecule has 0 aliphatic carbocycles. The molecule has 3 heterocycles. The first-order valence-electron chi connectivity index (χ1n) is 9.12. The summed E-state index contributed by atoms with van der Waals surface area (Å²) in [5, 5.41) is 21.2. The van der Waals surface area contributed by atoms with E-state index in [1.807, 2.05) is 30.3 Å². The van der Waals surface area contributed by atoms with Crippen molar-refractivity contribution in [3.63, 3.8) is 0 Å². The van der Waals surface area contributed by atoms with E-state index >= 15 is 0 Å². The number of amides is 1. The molecule has 7 heteroatoms. The van der Waals surface area contributed by atoms with Crippen LogP contribution in [0, 0.1) is 0 Å². The zero-order valence-electron chi connectivity index (χ0n) is 14.6. The number of morpholine rings is 1. The van der Waals surface area contributed by atoms with Crippen LogP contribution in [0.1, 0.15) is 39.8 Å². The average Bonchev–Trinajstić information content (AvgIpc) is 3.13. The van der Waals surface area contributed by atoms with Gasteiger partial charge in [0.1, 0.15) is 0 Å². The average molecular weight is 356 g/mol. The predicted molar refractivity (Wildman–Crippen MR) is 95.7 cm³/mol. The Hall–Kier alpha value is -2.22. The molecule has 1 aromatic heterocycles. The number of benzene rings is 1. The number of hydrogen-bond donors (Lipinski definition) is 3. The lowest BCUT2D eigenvalue weighted by Gasteiger charge is -2.36. The highest BCUT2D eigenvalue weighted by atomic mass is 16.5. The van der Waals surface area contributed by atoms with Gasteiger partial charge in [-0.25, -0.2) is 0 Å². The monoisotopic (exact) mass is 356 g/mol. The van der Waals surface area contributed by atoms with Crippen molar-refractivity contribution in [2.24, 2.45) is 0 Å². The summed E-state index contributed by atoms with van der Waals surface area (Å²) in [6, 6.07) is 9.36. The molecule has 2 unspecified atom stereocenters. The van der Waals surface area contributed by atoms with Gasteiger partial charge in [0, 0.05) is 43.7 Å². The van der Waals surface area contributed by atoms with Crippen LogP contribution in [0.25, 0.3) is 0 Å². The molecular weight excluding hydrogens is 332 g/mol. The Morgan fingerprint density at radius 3 is 3.08 bits per heavy atom. The first-order chi connectivity index (χ1) is 12.7. The van der Waals surface area contributed by atoms with Crippen molar-refractivity contribution in [1.82, 2.24) is 20.4 Å². The summed E-state index contributed by atoms with van der Waals surface area (Å²) >= 11 is 0. The second-order valence-corrected chi connectivity index (χ2v) is 6.85. The summed E-state index contributed by atoms with van der Waals surface area (Å²) in [6.07, 6.45) is 0.670. The first kappa shape index (κ1) is 17.2. The van der Waals surface area contributed by atoms with Crippen LogP contribution in [0.3, 0.4) is 0 Å². The summed E-state index contributed by atoms with van der Waals surface area (Å²) in [5.74, 6) is -0.0836. The van der Waals surface area contributed by atoms with Crippen LogP contribution < -0.4 is 5.32 Å². The van der Waals surface area contributed by atoms with Crippen LogP contribution in [0.15, 0.2) is 30.3 Å². The van der Waals surface area contributed by atoms with E-state index in [-0.39, 0.29) is 11.9 Å². The van der Waals surface area contributed by atoms with Gasteiger partial charge in [-0.05, 0) is 5.56 Å². The van der Waals surface area contributed by atoms with Gasteiger partial charge in [-0.15, -0.1) is 0 Å². The highest BCUT2D eigenvalue weighted by Gasteiger charge is 2.33. The van der Waals surface area contributed by atoms with Crippen molar-refractivity contribution < 1.29 is 14.6 Å². The number of aromatic amines is 1. The Bertz CT molecular complexity index is 761. The van der Waals surface area contributed by atoms with E-state index in [0.29, 0.717) is 38.4 Å². The van der Waals surface area contributed by atoms with E-state index in [0.717, 1.165) is 29.8 Å². The summed E-state index contributed by atoms with van der Waals surface area (Å²) in [7, 11) is 0. The zero-order chi connectivity index (χ0) is 17.9. The standard InChI is InChI=1S/C19H24N4O3/c24-17(13-4-2-1-3-5-13)10-14-12-26-9-8-23(14)19(25)18-15-11-20-7-6-16(15)21-22-18/h1-5,14,17,20,24H,6-12H2,(H,21,22). The van der Waals surface area contributed by atoms with Crippen molar-refractivity contribution in [2.45, 2.75) is 31.5 Å². The fourth-order valence-electron chi connectivity index (χ4n) is 3.72. The van der Waals surface area contributed by atoms with Gasteiger partial charge in [0.2, 0.25) is 0 Å². The van der Waals surface area contributed by atoms with E-state index in [1.165, 1.54) is 0 Å². The molecule has 1 saturated heterocycles. The molecule has 0 radical (unpaired) electrons. The minimum Gasteiger partial charge on any atom is -0.388 e. The number of H-pyrrole nitrogens is 1. The van der Waals surface area contributed by atoms with Crippen molar-refractivity contribution in [3.05, 3.63) is 52.8 Å². The normalized spacial score (nSPS) is 21.3. The van der Waals surface area contributed by atoms with E-state index in [9.17, 15) is 9.90 Å². The van der Waals surface area contributed by atoms with E-state index < -0.39 is 6.10 Å². The quantitative estimate of drug-likeness (QED) is 0.761. The lowest BCUT2D eigenvalue weighted by Crippen LogP contribution is -2.49. The number of hydrogen-bond acceptors (Lipinski definition) is 5. The van der Waals surface area contributed by atoms with Gasteiger partial charge >= 0.3 is 0 Å². The fourth-order valence-corrected chi connectivity index (χ4v) is 3.72. The number of nitrogens with zero attached hydrogens (tertiary/aromatic N) is 2. The smallest absolute Gasteiger partial charge is 0.275 e. The zero-order valence-corrected chi connectivity index (χ0v) is 14.6. The third-order valence-corrected chi connectivity index (χ3v) is 5.18. The summed E-state index contributed by atoms with van der Waals surface area (Å²) in [4.78, 5) is 14.9. The Balaban J connectivity index is 1.52. The second kappa shape index (κ2) is 7.57. The molecule has 4 rings (SSSR count). The number of rotatable bonds is 4. The number of ether oxygens (including phenoxy) is 1. The molecule has 0 saturated carbocycles. The number of carbonyl (C=O) groups excluding carboxylic acids is 1. The Morgan fingerprint density at radius 1 is 1.38 bits per heavy atom. The van der Waals surface area contributed by atoms with Gasteiger partial charge in [0.25, 0.3) is 5.91 Å². The molecule has 0 bridgehead atoms. The summed E-state index contributed by atoms with van der Waals surface area (Å²) in [6.45, 7) is 3.01. The summed E-state index contributed by atoms with van der Waals surface area (Å²) in [5.41, 5.74) is 3.36. The van der Waals surface area contributed by atoms with Gasteiger partial charge in [-0.3, -0.25) is 9.89 Å². The van der Waals surface area contributed by atoms with E-state index in [2.05, 4.69) is 15.5 Å². The highest BCUT2D eigenvalue weighted by Crippen LogP contribution is 2.25. The van der Waals surface area contributed by atoms with Crippen molar-refractivity contribution in [2.75, 3.05) is 26.3 Å². The van der Waals surface area contributed by atoms with Gasteiger partial charge < -0.3 is 20.1 Å². The molecule has 1 amide bonds. The third kappa shape index (κ3) is 3.38. The van der Waals surface area contributed by atoms with Gasteiger partial charge in [0.15, 0.2) is 5.69 Å². The lowest BCUT2D eigenvalue weighted by molar-refractivity contribution is -0.0177. The molecule has 0 spiro atoms. The van der Waals surface area contributed by atoms with Crippen molar-refractivity contribution in [3.8, 4) is 0 Å². The molecule has 2 atom stereocenters. The maximum Gasteiger partial charge on any atom is 0.275 e. The number of carbonyl (C=O) groups is 1. The lowest BCUT2D eigenvalue weighted by atomic mass is 9.99. The fraction of sp³-hybridized carbons (Fsp3) is 0.474. The minimum atomic E-state index is -0.632. The van der Waals surface area contributed by atoms with Crippen molar-refractivity contribution in [1.29, 1.82) is 0 Å². The maximum atomic E-state index is 13.1. The van der Waals surface area contributed by atoms with Gasteiger partial charge in [-0.2, -0.15) is 5.10 Å². The van der Waals surface area contributed by atoms with E-state index in [4.69, 9.17) is 4.74 Å². The van der Waals surface area contributed by atoms with Crippen LogP contribution in [-0.2, 0) is 17.7 Å². The molecule has 3 N–H and O–H groups in total. The van der Waals surface area contributed by atoms with Gasteiger partial charge in [-0.1, -0.05) is 30.3 Å². The number of nitrogens with one attached hydrogen (secondary N) is 2. The molecule has 2 aromatic rings. The second-order valence-electron chi connectivity index (χ2n) is 6.85. The molecule has 1 fully saturated rings. The summed E-state index contributed by atoms with van der Waals surface area (Å²) < 4.78 is 5.58. The molecule has 138 valence electrons.